The first-order chi connectivity index (χ1) is 12.6. The molecule has 1 aliphatic rings. The number of nitrogens with two attached hydrogens (primary N) is 1. The van der Waals surface area contributed by atoms with Crippen molar-refractivity contribution in [3.05, 3.63) is 0 Å². The van der Waals surface area contributed by atoms with Gasteiger partial charge in [0.1, 0.15) is 5.60 Å². The van der Waals surface area contributed by atoms with Gasteiger partial charge in [0.25, 0.3) is 0 Å². The Morgan fingerprint density at radius 2 is 1.85 bits per heavy atom. The zero-order valence-corrected chi connectivity index (χ0v) is 16.7. The van der Waals surface area contributed by atoms with Gasteiger partial charge in [0.2, 0.25) is 5.91 Å². The highest BCUT2D eigenvalue weighted by atomic mass is 16.6. The first-order valence-electron chi connectivity index (χ1n) is 9.36. The Balaban J connectivity index is 2.21. The molecule has 0 aromatic carbocycles. The molecule has 0 radical (unpaired) electrons. The standard InChI is InChI=1S/C18H33N5O4/c1-18(2,3)27-15(24)9-14(19)11-22-23-17(26)21-10-12-5-7-13(8-6-12)16(25)20-4/h11-14H,5-10,19H2,1-4H3,(H,20,25)(H2,21,23,26)/b22-11+/t12?,13?,14-/m0/s1. The Morgan fingerprint density at radius 1 is 1.22 bits per heavy atom. The minimum Gasteiger partial charge on any atom is -0.460 e. The summed E-state index contributed by atoms with van der Waals surface area (Å²) in [4.78, 5) is 35.0. The Bertz CT molecular complexity index is 536. The maximum absolute atomic E-state index is 11.8. The first kappa shape index (κ1) is 22.9. The summed E-state index contributed by atoms with van der Waals surface area (Å²) in [6.07, 6.45) is 4.78. The van der Waals surface area contributed by atoms with Crippen molar-refractivity contribution in [2.45, 2.75) is 64.5 Å². The van der Waals surface area contributed by atoms with Crippen molar-refractivity contribution >= 4 is 24.1 Å². The average Bonchev–Trinajstić information content (AvgIpc) is 2.58. The second kappa shape index (κ2) is 10.9. The molecule has 0 aromatic heterocycles. The molecule has 9 nitrogen and oxygen atoms in total. The lowest BCUT2D eigenvalue weighted by Gasteiger charge is -2.27. The third-order valence-corrected chi connectivity index (χ3v) is 4.27. The minimum absolute atomic E-state index is 0.0152. The van der Waals surface area contributed by atoms with Gasteiger partial charge in [-0.25, -0.2) is 10.2 Å². The largest absolute Gasteiger partial charge is 0.460 e. The summed E-state index contributed by atoms with van der Waals surface area (Å²) in [5, 5.41) is 9.20. The van der Waals surface area contributed by atoms with E-state index in [1.807, 2.05) is 0 Å². The van der Waals surface area contributed by atoms with Crippen molar-refractivity contribution in [1.29, 1.82) is 0 Å². The fraction of sp³-hybridized carbons (Fsp3) is 0.778. The Morgan fingerprint density at radius 3 is 2.41 bits per heavy atom. The molecule has 1 aliphatic carbocycles. The molecule has 27 heavy (non-hydrogen) atoms. The molecule has 1 saturated carbocycles. The van der Waals surface area contributed by atoms with Crippen LogP contribution in [0.15, 0.2) is 5.10 Å². The van der Waals surface area contributed by atoms with E-state index < -0.39 is 23.6 Å². The number of hydrogen-bond donors (Lipinski definition) is 4. The fourth-order valence-corrected chi connectivity index (χ4v) is 2.93. The van der Waals surface area contributed by atoms with Crippen molar-refractivity contribution in [3.8, 4) is 0 Å². The van der Waals surface area contributed by atoms with Crippen LogP contribution < -0.4 is 21.8 Å². The van der Waals surface area contributed by atoms with E-state index in [1.54, 1.807) is 27.8 Å². The number of ether oxygens (including phenoxy) is 1. The van der Waals surface area contributed by atoms with E-state index in [4.69, 9.17) is 10.5 Å². The number of esters is 1. The smallest absolute Gasteiger partial charge is 0.335 e. The van der Waals surface area contributed by atoms with Gasteiger partial charge < -0.3 is 21.1 Å². The molecule has 0 aliphatic heterocycles. The topological polar surface area (TPSA) is 135 Å². The number of hydrogen-bond acceptors (Lipinski definition) is 6. The fourth-order valence-electron chi connectivity index (χ4n) is 2.93. The highest BCUT2D eigenvalue weighted by Gasteiger charge is 2.25. The van der Waals surface area contributed by atoms with Gasteiger partial charge in [-0.3, -0.25) is 9.59 Å². The molecule has 9 heteroatoms. The lowest BCUT2D eigenvalue weighted by molar-refractivity contribution is -0.154. The van der Waals surface area contributed by atoms with Crippen molar-refractivity contribution in [2.24, 2.45) is 22.7 Å². The van der Waals surface area contributed by atoms with Crippen LogP contribution >= 0.6 is 0 Å². The normalized spacial score (nSPS) is 21.4. The quantitative estimate of drug-likeness (QED) is 0.294. The molecule has 0 bridgehead atoms. The Hall–Kier alpha value is -2.16. The van der Waals surface area contributed by atoms with E-state index in [-0.39, 0.29) is 18.2 Å². The summed E-state index contributed by atoms with van der Waals surface area (Å²) in [5.41, 5.74) is 7.53. The highest BCUT2D eigenvalue weighted by Crippen LogP contribution is 2.28. The van der Waals surface area contributed by atoms with Gasteiger partial charge in [0.05, 0.1) is 12.5 Å². The molecule has 0 unspecified atom stereocenters. The molecule has 0 saturated heterocycles. The maximum atomic E-state index is 11.8. The minimum atomic E-state index is -0.639. The van der Waals surface area contributed by atoms with E-state index in [0.29, 0.717) is 12.5 Å². The Labute approximate surface area is 160 Å². The van der Waals surface area contributed by atoms with Crippen molar-refractivity contribution < 1.29 is 19.1 Å². The molecule has 0 spiro atoms. The molecule has 0 heterocycles. The SMILES string of the molecule is CNC(=O)C1CCC(CNC(=O)N/N=C/[C@@H](N)CC(=O)OC(C)(C)C)CC1. The zero-order chi connectivity index (χ0) is 20.4. The molecule has 1 rings (SSSR count). The molecule has 1 atom stereocenters. The number of hydrazone groups is 1. The molecular weight excluding hydrogens is 350 g/mol. The monoisotopic (exact) mass is 383 g/mol. The number of urea groups is 1. The van der Waals surface area contributed by atoms with Crippen molar-refractivity contribution in [3.63, 3.8) is 0 Å². The lowest BCUT2D eigenvalue weighted by atomic mass is 9.81. The second-order valence-electron chi connectivity index (χ2n) is 7.89. The van der Waals surface area contributed by atoms with Gasteiger partial charge >= 0.3 is 12.0 Å². The zero-order valence-electron chi connectivity index (χ0n) is 16.7. The predicted molar refractivity (Wildman–Crippen MR) is 103 cm³/mol. The summed E-state index contributed by atoms with van der Waals surface area (Å²) >= 11 is 0. The number of amides is 3. The van der Waals surface area contributed by atoms with Crippen LogP contribution in [-0.4, -0.2) is 49.4 Å². The van der Waals surface area contributed by atoms with Crippen LogP contribution in [0.25, 0.3) is 0 Å². The van der Waals surface area contributed by atoms with Gasteiger partial charge in [-0.05, 0) is 52.4 Å². The summed E-state index contributed by atoms with van der Waals surface area (Å²) in [7, 11) is 1.65. The molecule has 0 aromatic rings. The molecule has 1 fully saturated rings. The summed E-state index contributed by atoms with van der Waals surface area (Å²) in [6.45, 7) is 5.87. The third-order valence-electron chi connectivity index (χ3n) is 4.27. The van der Waals surface area contributed by atoms with E-state index in [2.05, 4.69) is 21.2 Å². The molecule has 3 amide bonds. The average molecular weight is 383 g/mol. The summed E-state index contributed by atoms with van der Waals surface area (Å²) in [5.74, 6) is 0.112. The first-order valence-corrected chi connectivity index (χ1v) is 9.36. The molecular formula is C18H33N5O4. The number of rotatable bonds is 7. The van der Waals surface area contributed by atoms with E-state index in [1.165, 1.54) is 6.21 Å². The van der Waals surface area contributed by atoms with Crippen LogP contribution in [0.2, 0.25) is 0 Å². The third kappa shape index (κ3) is 9.93. The van der Waals surface area contributed by atoms with E-state index >= 15 is 0 Å². The van der Waals surface area contributed by atoms with Crippen LogP contribution in [0.3, 0.4) is 0 Å². The maximum Gasteiger partial charge on any atom is 0.335 e. The van der Waals surface area contributed by atoms with Crippen LogP contribution in [0.1, 0.15) is 52.9 Å². The Kier molecular flexibility index (Phi) is 9.20. The second-order valence-corrected chi connectivity index (χ2v) is 7.89. The van der Waals surface area contributed by atoms with Crippen LogP contribution in [0.4, 0.5) is 4.79 Å². The van der Waals surface area contributed by atoms with E-state index in [0.717, 1.165) is 25.7 Å². The summed E-state index contributed by atoms with van der Waals surface area (Å²) < 4.78 is 5.17. The number of carbonyl (C=O) groups excluding carboxylic acids is 3. The van der Waals surface area contributed by atoms with Gasteiger partial charge in [0, 0.05) is 25.7 Å². The number of nitrogens with one attached hydrogen (secondary N) is 3. The van der Waals surface area contributed by atoms with Gasteiger partial charge in [-0.2, -0.15) is 5.10 Å². The van der Waals surface area contributed by atoms with E-state index in [9.17, 15) is 14.4 Å². The molecule has 154 valence electrons. The van der Waals surface area contributed by atoms with Crippen LogP contribution in [0.5, 0.6) is 0 Å². The van der Waals surface area contributed by atoms with Gasteiger partial charge in [-0.1, -0.05) is 0 Å². The highest BCUT2D eigenvalue weighted by molar-refractivity contribution is 5.79. The lowest BCUT2D eigenvalue weighted by Crippen LogP contribution is -2.38. The molecule has 5 N–H and O–H groups in total. The van der Waals surface area contributed by atoms with Gasteiger partial charge in [0.15, 0.2) is 0 Å². The van der Waals surface area contributed by atoms with Crippen molar-refractivity contribution in [1.82, 2.24) is 16.1 Å². The summed E-state index contributed by atoms with van der Waals surface area (Å²) in [6, 6.07) is -1.07. The van der Waals surface area contributed by atoms with Gasteiger partial charge in [-0.15, -0.1) is 0 Å². The number of carbonyl (C=O) groups is 3. The van der Waals surface area contributed by atoms with Crippen molar-refractivity contribution in [2.75, 3.05) is 13.6 Å². The van der Waals surface area contributed by atoms with Crippen LogP contribution in [0, 0.1) is 11.8 Å². The van der Waals surface area contributed by atoms with Crippen LogP contribution in [-0.2, 0) is 14.3 Å². The predicted octanol–water partition coefficient (Wildman–Crippen LogP) is 0.883. The number of nitrogens with zero attached hydrogens (tertiary/aromatic N) is 1.